The van der Waals surface area contributed by atoms with Crippen molar-refractivity contribution < 1.29 is 13.9 Å². The number of furan rings is 1. The number of carbonyl (C=O) groups is 1. The highest BCUT2D eigenvalue weighted by atomic mass is 79.9. The maximum absolute atomic E-state index is 12.3. The van der Waals surface area contributed by atoms with Crippen molar-refractivity contribution in [2.75, 3.05) is 0 Å². The number of benzene rings is 3. The lowest BCUT2D eigenvalue weighted by atomic mass is 10.1. The summed E-state index contributed by atoms with van der Waals surface area (Å²) in [6, 6.07) is 19.5. The van der Waals surface area contributed by atoms with Crippen molar-refractivity contribution in [1.29, 1.82) is 5.26 Å². The Hall–Kier alpha value is -3.31. The Morgan fingerprint density at radius 1 is 1.15 bits per heavy atom. The molecular weight excluding hydrogens is 529 g/mol. The number of nitrogens with one attached hydrogen (secondary N) is 1. The van der Waals surface area contributed by atoms with Gasteiger partial charge < -0.3 is 9.15 Å². The van der Waals surface area contributed by atoms with Crippen molar-refractivity contribution in [1.82, 2.24) is 5.43 Å². The predicted molar refractivity (Wildman–Crippen MR) is 131 cm³/mol. The Balaban J connectivity index is 1.43. The molecule has 0 aliphatic heterocycles. The lowest BCUT2D eigenvalue weighted by Crippen LogP contribution is -2.16. The molecule has 1 aromatic heterocycles. The molecule has 1 heterocycles. The molecule has 4 aromatic rings. The topological polar surface area (TPSA) is 87.6 Å². The van der Waals surface area contributed by atoms with Crippen LogP contribution in [0.5, 0.6) is 5.75 Å². The summed E-state index contributed by atoms with van der Waals surface area (Å²) in [6.45, 7) is 0.140. The van der Waals surface area contributed by atoms with Gasteiger partial charge in [0.2, 0.25) is 0 Å². The molecule has 6 nitrogen and oxygen atoms in total. The SMILES string of the molecule is N#Cc1ccccc1COc1c(Cl)cc(/C=N/NC(=O)c2cc3cc(Br)ccc3o2)cc1Cl. The fourth-order valence-electron chi connectivity index (χ4n) is 3.04. The van der Waals surface area contributed by atoms with E-state index in [-0.39, 0.29) is 22.4 Å². The number of hydrazone groups is 1. The smallest absolute Gasteiger partial charge is 0.307 e. The van der Waals surface area contributed by atoms with E-state index in [4.69, 9.17) is 32.4 Å². The zero-order chi connectivity index (χ0) is 23.4. The van der Waals surface area contributed by atoms with E-state index in [0.29, 0.717) is 22.5 Å². The van der Waals surface area contributed by atoms with E-state index in [9.17, 15) is 10.1 Å². The Kier molecular flexibility index (Phi) is 6.99. The molecule has 0 atom stereocenters. The summed E-state index contributed by atoms with van der Waals surface area (Å²) >= 11 is 16.0. The number of fused-ring (bicyclic) bond motifs is 1. The van der Waals surface area contributed by atoms with Gasteiger partial charge in [0.05, 0.1) is 27.9 Å². The Morgan fingerprint density at radius 3 is 2.67 bits per heavy atom. The van der Waals surface area contributed by atoms with Crippen LogP contribution in [-0.4, -0.2) is 12.1 Å². The number of hydrogen-bond donors (Lipinski definition) is 1. The molecule has 33 heavy (non-hydrogen) atoms. The van der Waals surface area contributed by atoms with Crippen LogP contribution in [0.2, 0.25) is 10.0 Å². The van der Waals surface area contributed by atoms with Crippen LogP contribution in [0.15, 0.2) is 74.7 Å². The third-order valence-corrected chi connectivity index (χ3v) is 5.67. The van der Waals surface area contributed by atoms with Crippen LogP contribution in [0, 0.1) is 11.3 Å². The third-order valence-electron chi connectivity index (χ3n) is 4.61. The summed E-state index contributed by atoms with van der Waals surface area (Å²) in [7, 11) is 0. The van der Waals surface area contributed by atoms with E-state index < -0.39 is 5.91 Å². The molecule has 3 aromatic carbocycles. The molecule has 1 N–H and O–H groups in total. The molecular formula is C24H14BrCl2N3O3. The zero-order valence-corrected chi connectivity index (χ0v) is 19.9. The average molecular weight is 543 g/mol. The summed E-state index contributed by atoms with van der Waals surface area (Å²) < 4.78 is 12.2. The van der Waals surface area contributed by atoms with E-state index in [1.54, 1.807) is 42.5 Å². The van der Waals surface area contributed by atoms with Crippen molar-refractivity contribution >= 4 is 62.2 Å². The van der Waals surface area contributed by atoms with Gasteiger partial charge in [0.25, 0.3) is 0 Å². The van der Waals surface area contributed by atoms with Gasteiger partial charge in [-0.2, -0.15) is 10.4 Å². The van der Waals surface area contributed by atoms with Crippen LogP contribution < -0.4 is 10.2 Å². The molecule has 0 spiro atoms. The number of amides is 1. The molecule has 164 valence electrons. The fourth-order valence-corrected chi connectivity index (χ4v) is 4.04. The summed E-state index contributed by atoms with van der Waals surface area (Å²) in [5.41, 5.74) is 4.80. The summed E-state index contributed by atoms with van der Waals surface area (Å²) in [5, 5.41) is 14.5. The molecule has 0 saturated heterocycles. The van der Waals surface area contributed by atoms with Crippen molar-refractivity contribution in [3.63, 3.8) is 0 Å². The quantitative estimate of drug-likeness (QED) is 0.216. The highest BCUT2D eigenvalue weighted by Gasteiger charge is 2.13. The van der Waals surface area contributed by atoms with Crippen molar-refractivity contribution in [3.05, 3.63) is 97.6 Å². The first-order valence-corrected chi connectivity index (χ1v) is 11.1. The highest BCUT2D eigenvalue weighted by Crippen LogP contribution is 2.34. The van der Waals surface area contributed by atoms with Crippen molar-refractivity contribution in [2.24, 2.45) is 5.10 Å². The molecule has 0 bridgehead atoms. The van der Waals surface area contributed by atoms with Crippen LogP contribution in [0.3, 0.4) is 0 Å². The molecule has 0 unspecified atom stereocenters. The predicted octanol–water partition coefficient (Wildman–Crippen LogP) is 6.72. The van der Waals surface area contributed by atoms with Crippen molar-refractivity contribution in [2.45, 2.75) is 6.61 Å². The number of rotatable bonds is 6. The van der Waals surface area contributed by atoms with Crippen LogP contribution in [0.1, 0.15) is 27.2 Å². The fraction of sp³-hybridized carbons (Fsp3) is 0.0417. The van der Waals surface area contributed by atoms with Crippen LogP contribution >= 0.6 is 39.1 Å². The maximum atomic E-state index is 12.3. The van der Waals surface area contributed by atoms with Gasteiger partial charge in [-0.15, -0.1) is 0 Å². The van der Waals surface area contributed by atoms with Gasteiger partial charge in [-0.3, -0.25) is 4.79 Å². The Bertz CT molecular complexity index is 1400. The normalized spacial score (nSPS) is 11.0. The molecule has 0 fully saturated rings. The number of carbonyl (C=O) groups excluding carboxylic acids is 1. The van der Waals surface area contributed by atoms with E-state index in [2.05, 4.69) is 32.5 Å². The average Bonchev–Trinajstić information content (AvgIpc) is 3.22. The number of nitriles is 1. The van der Waals surface area contributed by atoms with Crippen LogP contribution in [0.4, 0.5) is 0 Å². The second kappa shape index (κ2) is 10.1. The largest absolute Gasteiger partial charge is 0.486 e. The molecule has 0 aliphatic carbocycles. The van der Waals surface area contributed by atoms with Crippen LogP contribution in [0.25, 0.3) is 11.0 Å². The third kappa shape index (κ3) is 5.37. The molecule has 4 rings (SSSR count). The highest BCUT2D eigenvalue weighted by molar-refractivity contribution is 9.10. The van der Waals surface area contributed by atoms with E-state index in [1.165, 1.54) is 6.21 Å². The Morgan fingerprint density at radius 2 is 1.91 bits per heavy atom. The lowest BCUT2D eigenvalue weighted by Gasteiger charge is -2.11. The van der Waals surface area contributed by atoms with E-state index >= 15 is 0 Å². The van der Waals surface area contributed by atoms with Gasteiger partial charge in [0.15, 0.2) is 11.5 Å². The number of nitrogens with zero attached hydrogens (tertiary/aromatic N) is 2. The number of halogens is 3. The summed E-state index contributed by atoms with van der Waals surface area (Å²) in [5.74, 6) is -0.0645. The van der Waals surface area contributed by atoms with E-state index in [0.717, 1.165) is 15.4 Å². The van der Waals surface area contributed by atoms with E-state index in [1.807, 2.05) is 18.2 Å². The summed E-state index contributed by atoms with van der Waals surface area (Å²) in [4.78, 5) is 12.3. The van der Waals surface area contributed by atoms with Gasteiger partial charge >= 0.3 is 5.91 Å². The minimum Gasteiger partial charge on any atom is -0.486 e. The molecule has 0 saturated carbocycles. The monoisotopic (exact) mass is 541 g/mol. The number of hydrogen-bond acceptors (Lipinski definition) is 5. The van der Waals surface area contributed by atoms with Crippen molar-refractivity contribution in [3.8, 4) is 11.8 Å². The Labute approximate surface area is 207 Å². The first kappa shape index (κ1) is 22.9. The summed E-state index contributed by atoms with van der Waals surface area (Å²) in [6.07, 6.45) is 1.41. The minimum atomic E-state index is -0.494. The first-order chi connectivity index (χ1) is 15.9. The molecule has 1 amide bonds. The van der Waals surface area contributed by atoms with Gasteiger partial charge in [-0.05, 0) is 48.0 Å². The first-order valence-electron chi connectivity index (χ1n) is 9.57. The second-order valence-electron chi connectivity index (χ2n) is 6.86. The lowest BCUT2D eigenvalue weighted by molar-refractivity contribution is 0.0929. The maximum Gasteiger partial charge on any atom is 0.307 e. The van der Waals surface area contributed by atoms with Crippen LogP contribution in [-0.2, 0) is 6.61 Å². The minimum absolute atomic E-state index is 0.137. The van der Waals surface area contributed by atoms with Gasteiger partial charge in [0, 0.05) is 15.4 Å². The van der Waals surface area contributed by atoms with Gasteiger partial charge in [-0.1, -0.05) is 57.3 Å². The standard InChI is InChI=1S/C24H14BrCl2N3O3/c25-18-5-6-21-17(9-18)10-22(33-21)24(31)30-29-12-14-7-19(26)23(20(27)8-14)32-13-16-4-2-1-3-15(16)11-28/h1-10,12H,13H2,(H,30,31)/b29-12+. The molecule has 0 radical (unpaired) electrons. The zero-order valence-electron chi connectivity index (χ0n) is 16.8. The second-order valence-corrected chi connectivity index (χ2v) is 8.59. The molecule has 9 heteroatoms. The van der Waals surface area contributed by atoms with Gasteiger partial charge in [0.1, 0.15) is 12.2 Å². The number of ether oxygens (including phenoxy) is 1. The molecule has 0 aliphatic rings. The van der Waals surface area contributed by atoms with Gasteiger partial charge in [-0.25, -0.2) is 5.43 Å².